The molecule has 1 aliphatic carbocycles. The molecule has 2 atom stereocenters. The van der Waals surface area contributed by atoms with Crippen molar-refractivity contribution in [3.05, 3.63) is 35.4 Å². The molecule has 2 heterocycles. The Labute approximate surface area is 142 Å². The number of benzene rings is 1. The molecule has 3 aliphatic rings. The molecule has 1 aromatic rings. The summed E-state index contributed by atoms with van der Waals surface area (Å²) in [6, 6.07) is 8.21. The van der Waals surface area contributed by atoms with E-state index < -0.39 is 9.84 Å². The molecule has 1 amide bonds. The van der Waals surface area contributed by atoms with Crippen molar-refractivity contribution in [3.63, 3.8) is 0 Å². The van der Waals surface area contributed by atoms with Gasteiger partial charge in [-0.2, -0.15) is 0 Å². The predicted molar refractivity (Wildman–Crippen MR) is 90.4 cm³/mol. The van der Waals surface area contributed by atoms with Crippen LogP contribution in [0.3, 0.4) is 0 Å². The second-order valence-corrected chi connectivity index (χ2v) is 9.33. The second kappa shape index (κ2) is 6.15. The van der Waals surface area contributed by atoms with E-state index in [1.165, 1.54) is 5.56 Å². The standard InChI is InChI=1S/C18H23NO4S/c20-18(11-17-16-4-2-1-3-13(16)7-9-23-17)19(14-5-6-14)15-8-10-24(21,22)12-15/h1-4,14-15,17H,5-12H2. The van der Waals surface area contributed by atoms with Crippen molar-refractivity contribution >= 4 is 15.7 Å². The average molecular weight is 349 g/mol. The number of rotatable bonds is 4. The van der Waals surface area contributed by atoms with E-state index in [0.717, 1.165) is 24.8 Å². The molecule has 130 valence electrons. The van der Waals surface area contributed by atoms with Crippen LogP contribution in [0.25, 0.3) is 0 Å². The summed E-state index contributed by atoms with van der Waals surface area (Å²) in [6.45, 7) is 0.635. The van der Waals surface area contributed by atoms with Crippen molar-refractivity contribution in [3.8, 4) is 0 Å². The largest absolute Gasteiger partial charge is 0.373 e. The summed E-state index contributed by atoms with van der Waals surface area (Å²) in [4.78, 5) is 14.8. The molecule has 0 N–H and O–H groups in total. The Kier molecular flexibility index (Phi) is 4.12. The Morgan fingerprint density at radius 2 is 1.96 bits per heavy atom. The molecule has 2 aliphatic heterocycles. The molecule has 0 bridgehead atoms. The fraction of sp³-hybridized carbons (Fsp3) is 0.611. The van der Waals surface area contributed by atoms with Crippen LogP contribution in [0.15, 0.2) is 24.3 Å². The zero-order valence-corrected chi connectivity index (χ0v) is 14.5. The van der Waals surface area contributed by atoms with Crippen LogP contribution in [0.4, 0.5) is 0 Å². The van der Waals surface area contributed by atoms with E-state index >= 15 is 0 Å². The van der Waals surface area contributed by atoms with Gasteiger partial charge in [-0.25, -0.2) is 8.42 Å². The van der Waals surface area contributed by atoms with Gasteiger partial charge in [0, 0.05) is 12.1 Å². The number of nitrogens with zero attached hydrogens (tertiary/aromatic N) is 1. The molecule has 0 spiro atoms. The zero-order valence-electron chi connectivity index (χ0n) is 13.7. The highest BCUT2D eigenvalue weighted by Crippen LogP contribution is 2.36. The average Bonchev–Trinajstić information content (AvgIpc) is 3.31. The minimum absolute atomic E-state index is 0.0429. The lowest BCUT2D eigenvalue weighted by Crippen LogP contribution is -2.43. The number of sulfone groups is 1. The van der Waals surface area contributed by atoms with Crippen molar-refractivity contribution in [2.45, 2.75) is 50.3 Å². The molecular weight excluding hydrogens is 326 g/mol. The Hall–Kier alpha value is -1.40. The van der Waals surface area contributed by atoms with Crippen molar-refractivity contribution in [2.75, 3.05) is 18.1 Å². The van der Waals surface area contributed by atoms with Gasteiger partial charge in [-0.1, -0.05) is 24.3 Å². The predicted octanol–water partition coefficient (Wildman–Crippen LogP) is 1.87. The first-order valence-corrected chi connectivity index (χ1v) is 10.6. The topological polar surface area (TPSA) is 63.7 Å². The van der Waals surface area contributed by atoms with Crippen molar-refractivity contribution in [2.24, 2.45) is 0 Å². The summed E-state index contributed by atoms with van der Waals surface area (Å²) in [6.07, 6.45) is 3.54. The maximum atomic E-state index is 13.0. The second-order valence-electron chi connectivity index (χ2n) is 7.10. The van der Waals surface area contributed by atoms with Crippen LogP contribution in [-0.4, -0.2) is 49.4 Å². The van der Waals surface area contributed by atoms with Gasteiger partial charge < -0.3 is 9.64 Å². The Morgan fingerprint density at radius 3 is 2.67 bits per heavy atom. The van der Waals surface area contributed by atoms with E-state index in [4.69, 9.17) is 4.74 Å². The summed E-state index contributed by atoms with van der Waals surface area (Å²) in [5, 5.41) is 0. The van der Waals surface area contributed by atoms with Crippen LogP contribution >= 0.6 is 0 Å². The summed E-state index contributed by atoms with van der Waals surface area (Å²) < 4.78 is 29.5. The summed E-state index contributed by atoms with van der Waals surface area (Å²) in [5.41, 5.74) is 2.36. The number of ether oxygens (including phenoxy) is 1. The van der Waals surface area contributed by atoms with Gasteiger partial charge in [0.2, 0.25) is 5.91 Å². The first kappa shape index (κ1) is 16.1. The Morgan fingerprint density at radius 1 is 1.17 bits per heavy atom. The lowest BCUT2D eigenvalue weighted by atomic mass is 9.95. The minimum Gasteiger partial charge on any atom is -0.373 e. The number of fused-ring (bicyclic) bond motifs is 1. The number of carbonyl (C=O) groups is 1. The lowest BCUT2D eigenvalue weighted by molar-refractivity contribution is -0.137. The van der Waals surface area contributed by atoms with Gasteiger partial charge in [-0.15, -0.1) is 0 Å². The molecule has 4 rings (SSSR count). The first-order chi connectivity index (χ1) is 11.5. The zero-order chi connectivity index (χ0) is 16.7. The molecule has 6 heteroatoms. The smallest absolute Gasteiger partial charge is 0.226 e. The van der Waals surface area contributed by atoms with Crippen molar-refractivity contribution in [1.82, 2.24) is 4.90 Å². The quantitative estimate of drug-likeness (QED) is 0.832. The molecule has 0 radical (unpaired) electrons. The fourth-order valence-electron chi connectivity index (χ4n) is 3.96. The van der Waals surface area contributed by atoms with E-state index in [9.17, 15) is 13.2 Å². The molecule has 1 saturated heterocycles. The number of hydrogen-bond acceptors (Lipinski definition) is 4. The van der Waals surface area contributed by atoms with Crippen LogP contribution < -0.4 is 0 Å². The monoisotopic (exact) mass is 349 g/mol. The van der Waals surface area contributed by atoms with Crippen molar-refractivity contribution in [1.29, 1.82) is 0 Å². The summed E-state index contributed by atoms with van der Waals surface area (Å²) in [7, 11) is -2.99. The molecule has 1 aromatic carbocycles. The molecular formula is C18H23NO4S. The van der Waals surface area contributed by atoms with Crippen LogP contribution in [0.5, 0.6) is 0 Å². The fourth-order valence-corrected chi connectivity index (χ4v) is 5.67. The highest BCUT2D eigenvalue weighted by molar-refractivity contribution is 7.91. The molecule has 2 fully saturated rings. The molecule has 0 aromatic heterocycles. The highest BCUT2D eigenvalue weighted by atomic mass is 32.2. The third kappa shape index (κ3) is 3.22. The summed E-state index contributed by atoms with van der Waals surface area (Å²) in [5.74, 6) is 0.371. The van der Waals surface area contributed by atoms with Crippen LogP contribution in [-0.2, 0) is 25.8 Å². The van der Waals surface area contributed by atoms with Gasteiger partial charge in [0.25, 0.3) is 0 Å². The van der Waals surface area contributed by atoms with E-state index in [2.05, 4.69) is 6.07 Å². The number of carbonyl (C=O) groups excluding carboxylic acids is 1. The number of hydrogen-bond donors (Lipinski definition) is 0. The molecule has 5 nitrogen and oxygen atoms in total. The summed E-state index contributed by atoms with van der Waals surface area (Å²) >= 11 is 0. The maximum Gasteiger partial charge on any atom is 0.226 e. The van der Waals surface area contributed by atoms with E-state index in [-0.39, 0.29) is 35.6 Å². The highest BCUT2D eigenvalue weighted by Gasteiger charge is 2.42. The third-order valence-electron chi connectivity index (χ3n) is 5.28. The number of amides is 1. The van der Waals surface area contributed by atoms with Gasteiger partial charge in [-0.3, -0.25) is 4.79 Å². The van der Waals surface area contributed by atoms with E-state index in [1.807, 2.05) is 23.1 Å². The maximum absolute atomic E-state index is 13.0. The SMILES string of the molecule is O=C(CC1OCCc2ccccc21)N(C1CC1)C1CCS(=O)(=O)C1. The van der Waals surface area contributed by atoms with Gasteiger partial charge in [-0.05, 0) is 36.8 Å². The molecule has 1 saturated carbocycles. The van der Waals surface area contributed by atoms with Crippen LogP contribution in [0.2, 0.25) is 0 Å². The molecule has 2 unspecified atom stereocenters. The van der Waals surface area contributed by atoms with Gasteiger partial charge >= 0.3 is 0 Å². The van der Waals surface area contributed by atoms with Crippen LogP contribution in [0, 0.1) is 0 Å². The van der Waals surface area contributed by atoms with E-state index in [1.54, 1.807) is 0 Å². The van der Waals surface area contributed by atoms with Crippen molar-refractivity contribution < 1.29 is 17.9 Å². The molecule has 24 heavy (non-hydrogen) atoms. The van der Waals surface area contributed by atoms with Gasteiger partial charge in [0.05, 0.1) is 30.6 Å². The van der Waals surface area contributed by atoms with Gasteiger partial charge in [0.1, 0.15) is 0 Å². The van der Waals surface area contributed by atoms with Crippen LogP contribution in [0.1, 0.15) is 42.9 Å². The van der Waals surface area contributed by atoms with Gasteiger partial charge in [0.15, 0.2) is 9.84 Å². The van der Waals surface area contributed by atoms with E-state index in [0.29, 0.717) is 19.4 Å². The first-order valence-electron chi connectivity index (χ1n) is 8.74. The normalized spacial score (nSPS) is 28.3. The third-order valence-corrected chi connectivity index (χ3v) is 7.03. The Bertz CT molecular complexity index is 741. The Balaban J connectivity index is 1.51. The minimum atomic E-state index is -2.99. The lowest BCUT2D eigenvalue weighted by Gasteiger charge is -2.32.